The van der Waals surface area contributed by atoms with Crippen molar-refractivity contribution in [1.29, 1.82) is 0 Å². The molecule has 114 valence electrons. The summed E-state index contributed by atoms with van der Waals surface area (Å²) in [4.78, 5) is 25.6. The van der Waals surface area contributed by atoms with Crippen LogP contribution >= 0.6 is 11.6 Å². The summed E-state index contributed by atoms with van der Waals surface area (Å²) in [6.45, 7) is 3.22. The predicted octanol–water partition coefficient (Wildman–Crippen LogP) is 2.56. The first-order valence-electron chi connectivity index (χ1n) is 7.37. The summed E-state index contributed by atoms with van der Waals surface area (Å²) in [6, 6.07) is 7.61. The average molecular weight is 309 g/mol. The van der Waals surface area contributed by atoms with Crippen LogP contribution in [0.2, 0.25) is 0 Å². The highest BCUT2D eigenvalue weighted by atomic mass is 35.5. The number of piperidine rings is 1. The van der Waals surface area contributed by atoms with Crippen LogP contribution in [0.15, 0.2) is 24.3 Å². The molecule has 5 heteroatoms. The lowest BCUT2D eigenvalue weighted by Crippen LogP contribution is -2.46. The lowest BCUT2D eigenvalue weighted by Gasteiger charge is -2.32. The summed E-state index contributed by atoms with van der Waals surface area (Å²) in [5, 5.41) is 2.99. The molecule has 0 spiro atoms. The smallest absolute Gasteiger partial charge is 0.253 e. The Balaban J connectivity index is 1.89. The number of hydrogen-bond acceptors (Lipinski definition) is 2. The zero-order chi connectivity index (χ0) is 15.2. The van der Waals surface area contributed by atoms with Crippen molar-refractivity contribution in [2.24, 2.45) is 0 Å². The summed E-state index contributed by atoms with van der Waals surface area (Å²) in [5.74, 6) is 0.588. The van der Waals surface area contributed by atoms with Gasteiger partial charge in [-0.1, -0.05) is 19.1 Å². The average Bonchev–Trinajstić information content (AvgIpc) is 2.55. The number of rotatable bonds is 4. The summed E-state index contributed by atoms with van der Waals surface area (Å²) < 4.78 is 0. The number of amides is 2. The summed E-state index contributed by atoms with van der Waals surface area (Å²) >= 11 is 5.75. The fourth-order valence-electron chi connectivity index (χ4n) is 2.48. The molecule has 1 N–H and O–H groups in total. The zero-order valence-corrected chi connectivity index (χ0v) is 13.0. The maximum absolute atomic E-state index is 12.4. The maximum Gasteiger partial charge on any atom is 0.253 e. The van der Waals surface area contributed by atoms with Crippen LogP contribution in [0.5, 0.6) is 0 Å². The normalized spacial score (nSPS) is 15.8. The molecule has 0 radical (unpaired) electrons. The Bertz CT molecular complexity index is 494. The van der Waals surface area contributed by atoms with Gasteiger partial charge in [0.05, 0.1) is 0 Å². The lowest BCUT2D eigenvalue weighted by molar-refractivity contribution is -0.121. The van der Waals surface area contributed by atoms with E-state index in [9.17, 15) is 9.59 Å². The van der Waals surface area contributed by atoms with E-state index in [0.29, 0.717) is 31.0 Å². The number of benzene rings is 1. The fourth-order valence-corrected chi connectivity index (χ4v) is 2.65. The van der Waals surface area contributed by atoms with Gasteiger partial charge in [-0.25, -0.2) is 0 Å². The van der Waals surface area contributed by atoms with Crippen molar-refractivity contribution < 1.29 is 9.59 Å². The van der Waals surface area contributed by atoms with Crippen molar-refractivity contribution in [3.05, 3.63) is 35.4 Å². The predicted molar refractivity (Wildman–Crippen MR) is 83.4 cm³/mol. The molecule has 1 aromatic carbocycles. The number of nitrogens with zero attached hydrogens (tertiary/aromatic N) is 1. The number of halogens is 1. The molecule has 1 aliphatic rings. The van der Waals surface area contributed by atoms with Gasteiger partial charge < -0.3 is 10.2 Å². The van der Waals surface area contributed by atoms with Crippen LogP contribution in [0.3, 0.4) is 0 Å². The minimum absolute atomic E-state index is 0.0522. The summed E-state index contributed by atoms with van der Waals surface area (Å²) in [5.41, 5.74) is 1.70. The van der Waals surface area contributed by atoms with E-state index in [4.69, 9.17) is 11.6 Å². The Kier molecular flexibility index (Phi) is 5.62. The Labute approximate surface area is 130 Å². The molecule has 0 unspecified atom stereocenters. The number of likely N-dealkylation sites (tertiary alicyclic amines) is 1. The zero-order valence-electron chi connectivity index (χ0n) is 12.3. The monoisotopic (exact) mass is 308 g/mol. The van der Waals surface area contributed by atoms with Gasteiger partial charge >= 0.3 is 0 Å². The van der Waals surface area contributed by atoms with Gasteiger partial charge in [0.1, 0.15) is 0 Å². The molecule has 4 nitrogen and oxygen atoms in total. The first kappa shape index (κ1) is 15.8. The second-order valence-electron chi connectivity index (χ2n) is 5.32. The van der Waals surface area contributed by atoms with Gasteiger partial charge in [0.15, 0.2) is 0 Å². The van der Waals surface area contributed by atoms with Gasteiger partial charge in [0.25, 0.3) is 5.91 Å². The Morgan fingerprint density at radius 3 is 2.38 bits per heavy atom. The molecule has 21 heavy (non-hydrogen) atoms. The molecule has 0 saturated carbocycles. The first-order valence-corrected chi connectivity index (χ1v) is 7.91. The van der Waals surface area contributed by atoms with E-state index in [1.807, 2.05) is 36.1 Å². The third-order valence-electron chi connectivity index (χ3n) is 3.82. The van der Waals surface area contributed by atoms with E-state index in [1.165, 1.54) is 0 Å². The molecule has 1 saturated heterocycles. The van der Waals surface area contributed by atoms with Crippen LogP contribution in [-0.2, 0) is 10.7 Å². The van der Waals surface area contributed by atoms with E-state index >= 15 is 0 Å². The molecule has 2 amide bonds. The minimum atomic E-state index is 0.0522. The van der Waals surface area contributed by atoms with Gasteiger partial charge in [-0.2, -0.15) is 0 Å². The van der Waals surface area contributed by atoms with E-state index in [2.05, 4.69) is 5.32 Å². The fraction of sp³-hybridized carbons (Fsp3) is 0.500. The van der Waals surface area contributed by atoms with Crippen molar-refractivity contribution in [2.45, 2.75) is 38.1 Å². The van der Waals surface area contributed by atoms with Crippen LogP contribution in [-0.4, -0.2) is 35.8 Å². The standard InChI is InChI=1S/C16H21ClN2O2/c1-2-15(20)18-14-7-9-19(10-8-14)16(21)13-5-3-12(11-17)4-6-13/h3-6,14H,2,7-11H2,1H3,(H,18,20). The second kappa shape index (κ2) is 7.46. The highest BCUT2D eigenvalue weighted by molar-refractivity contribution is 6.17. The van der Waals surface area contributed by atoms with Crippen LogP contribution in [0.25, 0.3) is 0 Å². The second-order valence-corrected chi connectivity index (χ2v) is 5.59. The van der Waals surface area contributed by atoms with E-state index in [0.717, 1.165) is 18.4 Å². The number of carbonyl (C=O) groups excluding carboxylic acids is 2. The maximum atomic E-state index is 12.4. The van der Waals surface area contributed by atoms with Crippen LogP contribution in [0.1, 0.15) is 42.1 Å². The van der Waals surface area contributed by atoms with Crippen molar-refractivity contribution in [1.82, 2.24) is 10.2 Å². The van der Waals surface area contributed by atoms with Gasteiger partial charge in [0.2, 0.25) is 5.91 Å². The SMILES string of the molecule is CCC(=O)NC1CCN(C(=O)c2ccc(CCl)cc2)CC1. The molecular formula is C16H21ClN2O2. The Morgan fingerprint density at radius 1 is 1.24 bits per heavy atom. The lowest BCUT2D eigenvalue weighted by atomic mass is 10.0. The summed E-state index contributed by atoms with van der Waals surface area (Å²) in [7, 11) is 0. The molecule has 1 fully saturated rings. The Hall–Kier alpha value is -1.55. The number of alkyl halides is 1. The Morgan fingerprint density at radius 2 is 1.86 bits per heavy atom. The van der Waals surface area contributed by atoms with Crippen LogP contribution < -0.4 is 5.32 Å². The number of nitrogens with one attached hydrogen (secondary N) is 1. The first-order chi connectivity index (χ1) is 10.1. The largest absolute Gasteiger partial charge is 0.353 e. The van der Waals surface area contributed by atoms with Gasteiger partial charge in [-0.05, 0) is 30.5 Å². The summed E-state index contributed by atoms with van der Waals surface area (Å²) in [6.07, 6.45) is 2.14. The van der Waals surface area contributed by atoms with Gasteiger partial charge in [0, 0.05) is 37.0 Å². The van der Waals surface area contributed by atoms with Crippen molar-refractivity contribution in [3.63, 3.8) is 0 Å². The molecule has 0 aromatic heterocycles. The van der Waals surface area contributed by atoms with Crippen molar-refractivity contribution in [2.75, 3.05) is 13.1 Å². The van der Waals surface area contributed by atoms with Crippen LogP contribution in [0.4, 0.5) is 0 Å². The van der Waals surface area contributed by atoms with E-state index in [-0.39, 0.29) is 17.9 Å². The van der Waals surface area contributed by atoms with Crippen LogP contribution in [0, 0.1) is 0 Å². The molecule has 0 atom stereocenters. The molecule has 1 aliphatic heterocycles. The minimum Gasteiger partial charge on any atom is -0.353 e. The number of hydrogen-bond donors (Lipinski definition) is 1. The third-order valence-corrected chi connectivity index (χ3v) is 4.13. The number of carbonyl (C=O) groups is 2. The van der Waals surface area contributed by atoms with Gasteiger partial charge in [-0.15, -0.1) is 11.6 Å². The topological polar surface area (TPSA) is 49.4 Å². The highest BCUT2D eigenvalue weighted by Gasteiger charge is 2.24. The molecular weight excluding hydrogens is 288 g/mol. The quantitative estimate of drug-likeness (QED) is 0.869. The highest BCUT2D eigenvalue weighted by Crippen LogP contribution is 2.15. The molecule has 0 aliphatic carbocycles. The van der Waals surface area contributed by atoms with Crippen molar-refractivity contribution in [3.8, 4) is 0 Å². The van der Waals surface area contributed by atoms with E-state index < -0.39 is 0 Å². The van der Waals surface area contributed by atoms with E-state index in [1.54, 1.807) is 0 Å². The van der Waals surface area contributed by atoms with Crippen molar-refractivity contribution >= 4 is 23.4 Å². The molecule has 1 heterocycles. The molecule has 2 rings (SSSR count). The molecule has 1 aromatic rings. The van der Waals surface area contributed by atoms with Gasteiger partial charge in [-0.3, -0.25) is 9.59 Å². The molecule has 0 bridgehead atoms. The third kappa shape index (κ3) is 4.21.